The Balaban J connectivity index is 1.77. The van der Waals surface area contributed by atoms with Gasteiger partial charge in [0, 0.05) is 0 Å². The first-order chi connectivity index (χ1) is 12.6. The molecule has 1 atom stereocenters. The fourth-order valence-electron chi connectivity index (χ4n) is 2.66. The molecule has 3 nitrogen and oxygen atoms in total. The van der Waals surface area contributed by atoms with E-state index in [9.17, 15) is 4.79 Å². The van der Waals surface area contributed by atoms with E-state index in [4.69, 9.17) is 17.0 Å². The highest BCUT2D eigenvalue weighted by Gasteiger charge is 2.35. The summed E-state index contributed by atoms with van der Waals surface area (Å²) in [5, 5.41) is 0. The van der Waals surface area contributed by atoms with Gasteiger partial charge in [-0.2, -0.15) is 0 Å². The molecule has 26 heavy (non-hydrogen) atoms. The van der Waals surface area contributed by atoms with Crippen LogP contribution >= 0.6 is 24.0 Å². The fraction of sp³-hybridized carbons (Fsp3) is 0.143. The highest BCUT2D eigenvalue weighted by atomic mass is 32.2. The molecule has 0 aliphatic carbocycles. The quantitative estimate of drug-likeness (QED) is 0.390. The summed E-state index contributed by atoms with van der Waals surface area (Å²) in [6.07, 6.45) is 3.57. The van der Waals surface area contributed by atoms with E-state index in [0.717, 1.165) is 16.9 Å². The lowest BCUT2D eigenvalue weighted by atomic mass is 10.1. The number of ether oxygens (including phenoxy) is 1. The summed E-state index contributed by atoms with van der Waals surface area (Å²) in [5.74, 6) is 0.718. The minimum atomic E-state index is -0.0933. The van der Waals surface area contributed by atoms with Crippen molar-refractivity contribution in [1.29, 1.82) is 0 Å². The summed E-state index contributed by atoms with van der Waals surface area (Å²) < 4.78 is 6.06. The highest BCUT2D eigenvalue weighted by molar-refractivity contribution is 8.26. The number of benzene rings is 2. The third kappa shape index (κ3) is 4.06. The van der Waals surface area contributed by atoms with Gasteiger partial charge in [0.1, 0.15) is 16.7 Å². The first kappa shape index (κ1) is 18.4. The molecule has 132 valence electrons. The van der Waals surface area contributed by atoms with E-state index in [1.165, 1.54) is 11.8 Å². The number of rotatable bonds is 6. The summed E-state index contributed by atoms with van der Waals surface area (Å²) >= 11 is 6.80. The Morgan fingerprint density at radius 2 is 1.88 bits per heavy atom. The molecule has 2 aromatic carbocycles. The number of thiocarbonyl (C=S) groups is 1. The Bertz CT molecular complexity index is 844. The molecule has 0 aromatic heterocycles. The van der Waals surface area contributed by atoms with E-state index in [2.05, 4.69) is 6.58 Å². The van der Waals surface area contributed by atoms with Gasteiger partial charge in [0.15, 0.2) is 0 Å². The number of carbonyl (C=O) groups is 1. The van der Waals surface area contributed by atoms with Gasteiger partial charge < -0.3 is 4.74 Å². The summed E-state index contributed by atoms with van der Waals surface area (Å²) in [4.78, 5) is 15.2. The second-order valence-electron chi connectivity index (χ2n) is 5.81. The molecule has 1 heterocycles. The average molecular weight is 382 g/mol. The lowest BCUT2D eigenvalue weighted by Crippen LogP contribution is -2.30. The zero-order chi connectivity index (χ0) is 18.5. The molecule has 0 N–H and O–H groups in total. The Morgan fingerprint density at radius 3 is 2.54 bits per heavy atom. The maximum atomic E-state index is 12.9. The average Bonchev–Trinajstić information content (AvgIpc) is 2.94. The van der Waals surface area contributed by atoms with Gasteiger partial charge in [0.25, 0.3) is 5.91 Å². The van der Waals surface area contributed by atoms with Crippen molar-refractivity contribution in [2.45, 2.75) is 13.0 Å². The topological polar surface area (TPSA) is 29.5 Å². The molecule has 2 aromatic rings. The van der Waals surface area contributed by atoms with Crippen LogP contribution in [0.1, 0.15) is 24.1 Å². The smallest absolute Gasteiger partial charge is 0.266 e. The van der Waals surface area contributed by atoms with E-state index in [-0.39, 0.29) is 11.9 Å². The lowest BCUT2D eigenvalue weighted by molar-refractivity contribution is -0.123. The van der Waals surface area contributed by atoms with Crippen LogP contribution in [0.3, 0.4) is 0 Å². The highest BCUT2D eigenvalue weighted by Crippen LogP contribution is 2.38. The zero-order valence-electron chi connectivity index (χ0n) is 14.4. The van der Waals surface area contributed by atoms with E-state index >= 15 is 0 Å². The Labute approximate surface area is 163 Å². The van der Waals surface area contributed by atoms with Crippen molar-refractivity contribution in [3.63, 3.8) is 0 Å². The van der Waals surface area contributed by atoms with Crippen molar-refractivity contribution >= 4 is 40.3 Å². The third-order valence-electron chi connectivity index (χ3n) is 4.04. The first-order valence-electron chi connectivity index (χ1n) is 8.26. The van der Waals surface area contributed by atoms with Gasteiger partial charge in [-0.05, 0) is 36.3 Å². The standard InChI is InChI=1S/C21H19NO2S2/c1-3-13-24-18-11-9-16(10-12-18)14-19-20(23)22(21(25)26-19)15(2)17-7-5-4-6-8-17/h3-12,14-15H,1,13H2,2H3/b19-14-. The molecule has 3 rings (SSSR count). The molecular weight excluding hydrogens is 362 g/mol. The number of thioether (sulfide) groups is 1. The molecule has 5 heteroatoms. The van der Waals surface area contributed by atoms with Gasteiger partial charge in [-0.25, -0.2) is 0 Å². The van der Waals surface area contributed by atoms with Crippen molar-refractivity contribution in [2.75, 3.05) is 6.61 Å². The van der Waals surface area contributed by atoms with Crippen LogP contribution < -0.4 is 4.74 Å². The van der Waals surface area contributed by atoms with Gasteiger partial charge in [0.2, 0.25) is 0 Å². The van der Waals surface area contributed by atoms with Gasteiger partial charge in [0.05, 0.1) is 10.9 Å². The number of hydrogen-bond donors (Lipinski definition) is 0. The molecule has 1 saturated heterocycles. The summed E-state index contributed by atoms with van der Waals surface area (Å²) in [6.45, 7) is 6.09. The second kappa shape index (κ2) is 8.34. The van der Waals surface area contributed by atoms with Crippen molar-refractivity contribution in [1.82, 2.24) is 4.90 Å². The molecule has 1 amide bonds. The van der Waals surface area contributed by atoms with Gasteiger partial charge in [-0.15, -0.1) is 0 Å². The molecule has 0 radical (unpaired) electrons. The Hall–Kier alpha value is -2.37. The third-order valence-corrected chi connectivity index (χ3v) is 5.37. The summed E-state index contributed by atoms with van der Waals surface area (Å²) in [5.41, 5.74) is 2.00. The summed E-state index contributed by atoms with van der Waals surface area (Å²) in [6, 6.07) is 17.4. The molecule has 1 fully saturated rings. The molecule has 0 spiro atoms. The van der Waals surface area contributed by atoms with Crippen molar-refractivity contribution in [2.24, 2.45) is 0 Å². The van der Waals surface area contributed by atoms with Crippen molar-refractivity contribution < 1.29 is 9.53 Å². The summed E-state index contributed by atoms with van der Waals surface area (Å²) in [7, 11) is 0. The van der Waals surface area contributed by atoms with E-state index in [1.807, 2.05) is 67.6 Å². The first-order valence-corrected chi connectivity index (χ1v) is 9.48. The van der Waals surface area contributed by atoms with Gasteiger partial charge >= 0.3 is 0 Å². The van der Waals surface area contributed by atoms with Crippen LogP contribution in [-0.4, -0.2) is 21.7 Å². The largest absolute Gasteiger partial charge is 0.490 e. The van der Waals surface area contributed by atoms with Crippen molar-refractivity contribution in [3.05, 3.63) is 83.3 Å². The minimum absolute atomic E-state index is 0.0525. The van der Waals surface area contributed by atoms with Crippen LogP contribution in [0.15, 0.2) is 72.2 Å². The predicted molar refractivity (Wildman–Crippen MR) is 112 cm³/mol. The molecular formula is C21H19NO2S2. The van der Waals surface area contributed by atoms with Crippen LogP contribution in [0, 0.1) is 0 Å². The lowest BCUT2D eigenvalue weighted by Gasteiger charge is -2.23. The van der Waals surface area contributed by atoms with E-state index in [0.29, 0.717) is 15.8 Å². The van der Waals surface area contributed by atoms with E-state index < -0.39 is 0 Å². The monoisotopic (exact) mass is 381 g/mol. The molecule has 1 aliphatic heterocycles. The predicted octanol–water partition coefficient (Wildman–Crippen LogP) is 5.21. The van der Waals surface area contributed by atoms with Crippen LogP contribution in [0.5, 0.6) is 5.75 Å². The van der Waals surface area contributed by atoms with Crippen LogP contribution in [0.2, 0.25) is 0 Å². The maximum Gasteiger partial charge on any atom is 0.266 e. The number of nitrogens with zero attached hydrogens (tertiary/aromatic N) is 1. The molecule has 0 saturated carbocycles. The molecule has 1 aliphatic rings. The zero-order valence-corrected chi connectivity index (χ0v) is 16.1. The normalized spacial score (nSPS) is 16.8. The Morgan fingerprint density at radius 1 is 1.19 bits per heavy atom. The van der Waals surface area contributed by atoms with Crippen LogP contribution in [0.25, 0.3) is 6.08 Å². The minimum Gasteiger partial charge on any atom is -0.490 e. The SMILES string of the molecule is C=CCOc1ccc(/C=C2\SC(=S)N(C(C)c3ccccc3)C2=O)cc1. The molecule has 1 unspecified atom stereocenters. The second-order valence-corrected chi connectivity index (χ2v) is 7.48. The van der Waals surface area contributed by atoms with Crippen LogP contribution in [-0.2, 0) is 4.79 Å². The number of hydrogen-bond acceptors (Lipinski definition) is 4. The number of carbonyl (C=O) groups excluding carboxylic acids is 1. The van der Waals surface area contributed by atoms with E-state index in [1.54, 1.807) is 11.0 Å². The van der Waals surface area contributed by atoms with Crippen molar-refractivity contribution in [3.8, 4) is 5.75 Å². The van der Waals surface area contributed by atoms with Gasteiger partial charge in [-0.3, -0.25) is 9.69 Å². The fourth-order valence-corrected chi connectivity index (χ4v) is 4.08. The van der Waals surface area contributed by atoms with Gasteiger partial charge in [-0.1, -0.05) is 79.1 Å². The maximum absolute atomic E-state index is 12.9. The van der Waals surface area contributed by atoms with Crippen LogP contribution in [0.4, 0.5) is 0 Å². The number of amides is 1. The molecule has 0 bridgehead atoms. The Kier molecular flexibility index (Phi) is 5.91.